The third-order valence-electron chi connectivity index (χ3n) is 3.22. The van der Waals surface area contributed by atoms with Crippen LogP contribution in [0, 0.1) is 5.92 Å². The summed E-state index contributed by atoms with van der Waals surface area (Å²) in [6.45, 7) is 8.80. The van der Waals surface area contributed by atoms with Gasteiger partial charge in [0.15, 0.2) is 0 Å². The van der Waals surface area contributed by atoms with Crippen LogP contribution in [-0.4, -0.2) is 0 Å². The average molecular weight is 205 g/mol. The van der Waals surface area contributed by atoms with Crippen molar-refractivity contribution in [1.29, 1.82) is 0 Å². The fourth-order valence-corrected chi connectivity index (χ4v) is 1.67. The molecule has 15 heavy (non-hydrogen) atoms. The van der Waals surface area contributed by atoms with Crippen molar-refractivity contribution < 1.29 is 0 Å². The van der Waals surface area contributed by atoms with E-state index in [0.717, 1.165) is 0 Å². The molecule has 0 radical (unpaired) electrons. The summed E-state index contributed by atoms with van der Waals surface area (Å²) < 4.78 is 0. The molecule has 0 aromatic heterocycles. The smallest absolute Gasteiger partial charge is 0.0318 e. The Morgan fingerprint density at radius 2 is 1.47 bits per heavy atom. The van der Waals surface area contributed by atoms with Crippen molar-refractivity contribution in [3.05, 3.63) is 35.4 Å². The zero-order valence-corrected chi connectivity index (χ0v) is 10.3. The van der Waals surface area contributed by atoms with Crippen LogP contribution in [0.2, 0.25) is 0 Å². The summed E-state index contributed by atoms with van der Waals surface area (Å²) in [5.41, 5.74) is 8.76. The average Bonchev–Trinajstić information content (AvgIpc) is 2.27. The molecule has 84 valence electrons. The van der Waals surface area contributed by atoms with Gasteiger partial charge in [0, 0.05) is 6.04 Å². The van der Waals surface area contributed by atoms with E-state index in [9.17, 15) is 0 Å². The maximum Gasteiger partial charge on any atom is 0.0318 e. The summed E-state index contributed by atoms with van der Waals surface area (Å²) >= 11 is 0. The molecule has 0 spiro atoms. The second kappa shape index (κ2) is 5.32. The lowest BCUT2D eigenvalue weighted by Gasteiger charge is -2.17. The van der Waals surface area contributed by atoms with Gasteiger partial charge in [-0.1, -0.05) is 52.0 Å². The van der Waals surface area contributed by atoms with Crippen molar-refractivity contribution in [2.45, 2.75) is 46.1 Å². The monoisotopic (exact) mass is 205 g/mol. The van der Waals surface area contributed by atoms with Crippen molar-refractivity contribution in [3.63, 3.8) is 0 Å². The summed E-state index contributed by atoms with van der Waals surface area (Å²) in [7, 11) is 0. The molecule has 0 amide bonds. The minimum absolute atomic E-state index is 0.163. The highest BCUT2D eigenvalue weighted by molar-refractivity contribution is 5.27. The SMILES string of the molecule is CCC(C)c1ccc(C(N)C(C)C)cc1. The van der Waals surface area contributed by atoms with Gasteiger partial charge in [-0.25, -0.2) is 0 Å². The molecular weight excluding hydrogens is 182 g/mol. The van der Waals surface area contributed by atoms with Gasteiger partial charge in [-0.2, -0.15) is 0 Å². The maximum atomic E-state index is 6.10. The van der Waals surface area contributed by atoms with Gasteiger partial charge in [0.05, 0.1) is 0 Å². The molecule has 2 atom stereocenters. The lowest BCUT2D eigenvalue weighted by atomic mass is 9.93. The molecule has 0 fully saturated rings. The van der Waals surface area contributed by atoms with Gasteiger partial charge >= 0.3 is 0 Å². The highest BCUT2D eigenvalue weighted by Gasteiger charge is 2.10. The second-order valence-corrected chi connectivity index (χ2v) is 4.75. The van der Waals surface area contributed by atoms with E-state index in [-0.39, 0.29) is 6.04 Å². The van der Waals surface area contributed by atoms with Gasteiger partial charge in [0.25, 0.3) is 0 Å². The Labute approximate surface area is 93.7 Å². The van der Waals surface area contributed by atoms with Crippen LogP contribution in [-0.2, 0) is 0 Å². The van der Waals surface area contributed by atoms with Crippen LogP contribution in [0.1, 0.15) is 57.2 Å². The number of benzene rings is 1. The second-order valence-electron chi connectivity index (χ2n) is 4.75. The molecule has 1 nitrogen and oxygen atoms in total. The van der Waals surface area contributed by atoms with Crippen LogP contribution in [0.4, 0.5) is 0 Å². The molecule has 1 heteroatoms. The van der Waals surface area contributed by atoms with Crippen LogP contribution in [0.5, 0.6) is 0 Å². The zero-order chi connectivity index (χ0) is 11.4. The summed E-state index contributed by atoms with van der Waals surface area (Å²) in [6, 6.07) is 8.94. The predicted octanol–water partition coefficient (Wildman–Crippen LogP) is 3.86. The molecule has 1 aromatic rings. The van der Waals surface area contributed by atoms with Crippen molar-refractivity contribution in [2.75, 3.05) is 0 Å². The molecule has 0 heterocycles. The highest BCUT2D eigenvalue weighted by atomic mass is 14.6. The first kappa shape index (κ1) is 12.3. The van der Waals surface area contributed by atoms with Crippen molar-refractivity contribution in [1.82, 2.24) is 0 Å². The molecule has 0 aliphatic carbocycles. The van der Waals surface area contributed by atoms with Crippen LogP contribution >= 0.6 is 0 Å². The van der Waals surface area contributed by atoms with Crippen molar-refractivity contribution in [3.8, 4) is 0 Å². The third kappa shape index (κ3) is 3.07. The Bertz CT molecular complexity index is 287. The summed E-state index contributed by atoms with van der Waals surface area (Å²) in [5, 5.41) is 0. The zero-order valence-electron chi connectivity index (χ0n) is 10.3. The standard InChI is InChI=1S/C14H23N/c1-5-11(4)12-6-8-13(9-7-12)14(15)10(2)3/h6-11,14H,5,15H2,1-4H3. The van der Waals surface area contributed by atoms with Crippen LogP contribution in [0.3, 0.4) is 0 Å². The van der Waals surface area contributed by atoms with Crippen molar-refractivity contribution >= 4 is 0 Å². The van der Waals surface area contributed by atoms with E-state index in [4.69, 9.17) is 5.73 Å². The van der Waals surface area contributed by atoms with Crippen molar-refractivity contribution in [2.24, 2.45) is 11.7 Å². The van der Waals surface area contributed by atoms with Gasteiger partial charge in [0.2, 0.25) is 0 Å². The fraction of sp³-hybridized carbons (Fsp3) is 0.571. The first-order valence-electron chi connectivity index (χ1n) is 5.91. The first-order chi connectivity index (χ1) is 7.06. The minimum atomic E-state index is 0.163. The Morgan fingerprint density at radius 1 is 1.00 bits per heavy atom. The number of rotatable bonds is 4. The minimum Gasteiger partial charge on any atom is -0.324 e. The Hall–Kier alpha value is -0.820. The fourth-order valence-electron chi connectivity index (χ4n) is 1.67. The van der Waals surface area contributed by atoms with E-state index in [1.54, 1.807) is 0 Å². The van der Waals surface area contributed by atoms with Gasteiger partial charge in [-0.05, 0) is 29.4 Å². The topological polar surface area (TPSA) is 26.0 Å². The Morgan fingerprint density at radius 3 is 1.87 bits per heavy atom. The number of hydrogen-bond donors (Lipinski definition) is 1. The summed E-state index contributed by atoms with van der Waals surface area (Å²) in [6.07, 6.45) is 1.19. The molecule has 1 rings (SSSR count). The van der Waals surface area contributed by atoms with E-state index in [0.29, 0.717) is 11.8 Å². The van der Waals surface area contributed by atoms with Gasteiger partial charge in [-0.15, -0.1) is 0 Å². The van der Waals surface area contributed by atoms with Gasteiger partial charge < -0.3 is 5.73 Å². The normalized spacial score (nSPS) is 15.3. The molecule has 2 unspecified atom stereocenters. The van der Waals surface area contributed by atoms with E-state index >= 15 is 0 Å². The lowest BCUT2D eigenvalue weighted by molar-refractivity contribution is 0.514. The third-order valence-corrected chi connectivity index (χ3v) is 3.22. The quantitative estimate of drug-likeness (QED) is 0.793. The van der Waals surface area contributed by atoms with Crippen LogP contribution < -0.4 is 5.73 Å². The number of nitrogens with two attached hydrogens (primary N) is 1. The largest absolute Gasteiger partial charge is 0.324 e. The summed E-state index contributed by atoms with van der Waals surface area (Å²) in [4.78, 5) is 0. The van der Waals surface area contributed by atoms with E-state index in [2.05, 4.69) is 52.0 Å². The molecule has 2 N–H and O–H groups in total. The summed E-state index contributed by atoms with van der Waals surface area (Å²) in [5.74, 6) is 1.15. The van der Waals surface area contributed by atoms with E-state index in [1.165, 1.54) is 17.5 Å². The highest BCUT2D eigenvalue weighted by Crippen LogP contribution is 2.23. The van der Waals surface area contributed by atoms with E-state index < -0.39 is 0 Å². The molecular formula is C14H23N. The molecule has 0 saturated heterocycles. The Balaban J connectivity index is 2.80. The molecule has 0 saturated carbocycles. The number of hydrogen-bond acceptors (Lipinski definition) is 1. The van der Waals surface area contributed by atoms with Gasteiger partial charge in [0.1, 0.15) is 0 Å². The van der Waals surface area contributed by atoms with Gasteiger partial charge in [-0.3, -0.25) is 0 Å². The lowest BCUT2D eigenvalue weighted by Crippen LogP contribution is -2.16. The maximum absolute atomic E-state index is 6.10. The van der Waals surface area contributed by atoms with E-state index in [1.807, 2.05) is 0 Å². The Kier molecular flexibility index (Phi) is 4.34. The van der Waals surface area contributed by atoms with Crippen LogP contribution in [0.25, 0.3) is 0 Å². The molecule has 0 aliphatic heterocycles. The molecule has 0 aliphatic rings. The predicted molar refractivity (Wildman–Crippen MR) is 66.9 cm³/mol. The molecule has 1 aromatic carbocycles. The first-order valence-corrected chi connectivity index (χ1v) is 5.91. The van der Waals surface area contributed by atoms with Crippen LogP contribution in [0.15, 0.2) is 24.3 Å². The molecule has 0 bridgehead atoms.